The van der Waals surface area contributed by atoms with Crippen molar-refractivity contribution in [2.75, 3.05) is 0 Å². The lowest BCUT2D eigenvalue weighted by molar-refractivity contribution is -0.132. The van der Waals surface area contributed by atoms with E-state index in [2.05, 4.69) is 6.08 Å². The third kappa shape index (κ3) is 2.24. The fourth-order valence-corrected chi connectivity index (χ4v) is 3.46. The highest BCUT2D eigenvalue weighted by Crippen LogP contribution is 2.50. The summed E-state index contributed by atoms with van der Waals surface area (Å²) < 4.78 is 0. The van der Waals surface area contributed by atoms with Gasteiger partial charge >= 0.3 is 5.97 Å². The molecule has 0 amide bonds. The van der Waals surface area contributed by atoms with E-state index in [0.717, 1.165) is 5.92 Å². The zero-order valence-electron chi connectivity index (χ0n) is 9.46. The van der Waals surface area contributed by atoms with Crippen LogP contribution in [-0.2, 0) is 4.79 Å². The lowest BCUT2D eigenvalue weighted by atomic mass is 9.61. The van der Waals surface area contributed by atoms with Gasteiger partial charge in [-0.05, 0) is 37.5 Å². The Morgan fingerprint density at radius 3 is 2.47 bits per heavy atom. The van der Waals surface area contributed by atoms with Crippen molar-refractivity contribution >= 4 is 5.97 Å². The molecule has 0 aromatic heterocycles. The van der Waals surface area contributed by atoms with Crippen molar-refractivity contribution < 1.29 is 9.90 Å². The average molecular weight is 208 g/mol. The largest absolute Gasteiger partial charge is 0.478 e. The van der Waals surface area contributed by atoms with Gasteiger partial charge in [0, 0.05) is 5.57 Å². The van der Waals surface area contributed by atoms with Gasteiger partial charge in [0.15, 0.2) is 0 Å². The van der Waals surface area contributed by atoms with Gasteiger partial charge in [-0.3, -0.25) is 0 Å². The van der Waals surface area contributed by atoms with E-state index in [1.807, 2.05) is 0 Å². The molecule has 0 unspecified atom stereocenters. The zero-order valence-corrected chi connectivity index (χ0v) is 9.46. The fraction of sp³-hybridized carbons (Fsp3) is 0.769. The minimum absolute atomic E-state index is 0.240. The topological polar surface area (TPSA) is 37.3 Å². The summed E-state index contributed by atoms with van der Waals surface area (Å²) in [5, 5.41) is 8.94. The third-order valence-corrected chi connectivity index (χ3v) is 4.13. The molecule has 2 rings (SSSR count). The van der Waals surface area contributed by atoms with Crippen molar-refractivity contribution in [3.05, 3.63) is 11.6 Å². The highest BCUT2D eigenvalue weighted by molar-refractivity contribution is 5.85. The number of carbonyl (C=O) groups is 1. The average Bonchev–Trinajstić information content (AvgIpc) is 2.17. The van der Waals surface area contributed by atoms with Crippen LogP contribution in [0.3, 0.4) is 0 Å². The second-order valence-corrected chi connectivity index (χ2v) is 5.35. The summed E-state index contributed by atoms with van der Waals surface area (Å²) >= 11 is 0. The zero-order chi connectivity index (χ0) is 10.9. The van der Waals surface area contributed by atoms with Crippen LogP contribution in [0.2, 0.25) is 0 Å². The first-order valence-corrected chi connectivity index (χ1v) is 6.04. The van der Waals surface area contributed by atoms with E-state index in [1.54, 1.807) is 6.92 Å². The molecule has 0 heterocycles. The van der Waals surface area contributed by atoms with E-state index in [9.17, 15) is 4.79 Å². The summed E-state index contributed by atoms with van der Waals surface area (Å²) in [6.45, 7) is 1.73. The molecule has 0 aliphatic heterocycles. The van der Waals surface area contributed by atoms with Crippen molar-refractivity contribution in [3.8, 4) is 0 Å². The molecule has 0 saturated heterocycles. The van der Waals surface area contributed by atoms with Gasteiger partial charge in [0.2, 0.25) is 0 Å². The molecule has 1 N–H and O–H groups in total. The maximum Gasteiger partial charge on any atom is 0.330 e. The lowest BCUT2D eigenvalue weighted by Gasteiger charge is -2.43. The Kier molecular flexibility index (Phi) is 2.85. The smallest absolute Gasteiger partial charge is 0.330 e. The Hall–Kier alpha value is -0.790. The third-order valence-electron chi connectivity index (χ3n) is 4.13. The summed E-state index contributed by atoms with van der Waals surface area (Å²) in [6.07, 6.45) is 11.0. The highest BCUT2D eigenvalue weighted by Gasteiger charge is 2.37. The second kappa shape index (κ2) is 3.99. The Morgan fingerprint density at radius 1 is 1.33 bits per heavy atom. The number of fused-ring (bicyclic) bond motifs is 2. The molecular formula is C13H20O2. The van der Waals surface area contributed by atoms with Gasteiger partial charge in [-0.1, -0.05) is 31.8 Å². The summed E-state index contributed by atoms with van der Waals surface area (Å²) in [6, 6.07) is 0. The number of hydrogen-bond acceptors (Lipinski definition) is 1. The Labute approximate surface area is 91.4 Å². The standard InChI is InChI=1S/C13H20O2/c1-10(12(14)15)8-13-6-2-4-11(9-13)5-3-7-13/h8,11H,2-7,9H2,1H3,(H,14,15). The monoisotopic (exact) mass is 208 g/mol. The Morgan fingerprint density at radius 2 is 1.93 bits per heavy atom. The minimum atomic E-state index is -0.753. The predicted octanol–water partition coefficient (Wildman–Crippen LogP) is 3.38. The Balaban J connectivity index is 2.17. The van der Waals surface area contributed by atoms with Crippen molar-refractivity contribution in [2.24, 2.45) is 11.3 Å². The molecule has 2 nitrogen and oxygen atoms in total. The quantitative estimate of drug-likeness (QED) is 0.706. The van der Waals surface area contributed by atoms with E-state index in [0.29, 0.717) is 5.57 Å². The minimum Gasteiger partial charge on any atom is -0.478 e. The maximum atomic E-state index is 10.9. The molecular weight excluding hydrogens is 188 g/mol. The number of carboxylic acids is 1. The molecule has 0 aromatic rings. The predicted molar refractivity (Wildman–Crippen MR) is 59.6 cm³/mol. The first-order chi connectivity index (χ1) is 7.11. The normalized spacial score (nSPS) is 36.3. The van der Waals surface area contributed by atoms with Crippen molar-refractivity contribution in [3.63, 3.8) is 0 Å². The van der Waals surface area contributed by atoms with E-state index in [4.69, 9.17) is 5.11 Å². The molecule has 2 saturated carbocycles. The van der Waals surface area contributed by atoms with E-state index in [-0.39, 0.29) is 5.41 Å². The highest BCUT2D eigenvalue weighted by atomic mass is 16.4. The number of hydrogen-bond donors (Lipinski definition) is 1. The summed E-state index contributed by atoms with van der Waals surface area (Å²) in [5.74, 6) is 0.113. The molecule has 2 aliphatic carbocycles. The van der Waals surface area contributed by atoms with E-state index in [1.165, 1.54) is 44.9 Å². The SMILES string of the molecule is CC(=CC12CCCC(CCC1)C2)C(=O)O. The first-order valence-electron chi connectivity index (χ1n) is 6.04. The van der Waals surface area contributed by atoms with Crippen LogP contribution in [0.4, 0.5) is 0 Å². The van der Waals surface area contributed by atoms with Crippen LogP contribution in [0.5, 0.6) is 0 Å². The molecule has 0 radical (unpaired) electrons. The van der Waals surface area contributed by atoms with E-state index < -0.39 is 5.97 Å². The molecule has 2 fully saturated rings. The van der Waals surface area contributed by atoms with Crippen LogP contribution < -0.4 is 0 Å². The first kappa shape index (κ1) is 10.7. The molecule has 84 valence electrons. The number of carboxylic acid groups (broad SMARTS) is 1. The maximum absolute atomic E-state index is 10.9. The van der Waals surface area contributed by atoms with Gasteiger partial charge in [-0.2, -0.15) is 0 Å². The summed E-state index contributed by atoms with van der Waals surface area (Å²) in [4.78, 5) is 10.9. The van der Waals surface area contributed by atoms with Gasteiger partial charge < -0.3 is 5.11 Å². The Bertz CT molecular complexity index is 281. The number of aliphatic carboxylic acids is 1. The molecule has 2 bridgehead atoms. The molecule has 2 heteroatoms. The number of allylic oxidation sites excluding steroid dienone is 1. The lowest BCUT2D eigenvalue weighted by Crippen LogP contribution is -2.31. The molecule has 0 aromatic carbocycles. The van der Waals surface area contributed by atoms with E-state index >= 15 is 0 Å². The fourth-order valence-electron chi connectivity index (χ4n) is 3.46. The van der Waals surface area contributed by atoms with Gasteiger partial charge in [0.25, 0.3) is 0 Å². The van der Waals surface area contributed by atoms with Crippen LogP contribution in [0.25, 0.3) is 0 Å². The second-order valence-electron chi connectivity index (χ2n) is 5.35. The van der Waals surface area contributed by atoms with Gasteiger partial charge in [0.05, 0.1) is 0 Å². The number of rotatable bonds is 2. The van der Waals surface area contributed by atoms with Crippen molar-refractivity contribution in [2.45, 2.75) is 51.9 Å². The van der Waals surface area contributed by atoms with Gasteiger partial charge in [-0.15, -0.1) is 0 Å². The molecule has 2 aliphatic rings. The van der Waals surface area contributed by atoms with Gasteiger partial charge in [0.1, 0.15) is 0 Å². The van der Waals surface area contributed by atoms with Crippen LogP contribution in [0.15, 0.2) is 11.6 Å². The molecule has 0 atom stereocenters. The summed E-state index contributed by atoms with van der Waals surface area (Å²) in [5.41, 5.74) is 0.779. The van der Waals surface area contributed by atoms with Crippen molar-refractivity contribution in [1.82, 2.24) is 0 Å². The van der Waals surface area contributed by atoms with Crippen molar-refractivity contribution in [1.29, 1.82) is 0 Å². The summed E-state index contributed by atoms with van der Waals surface area (Å²) in [7, 11) is 0. The molecule has 15 heavy (non-hydrogen) atoms. The molecule has 0 spiro atoms. The van der Waals surface area contributed by atoms with Crippen LogP contribution in [0, 0.1) is 11.3 Å². The van der Waals surface area contributed by atoms with Crippen LogP contribution in [0.1, 0.15) is 51.9 Å². The van der Waals surface area contributed by atoms with Gasteiger partial charge in [-0.25, -0.2) is 4.79 Å². The van der Waals surface area contributed by atoms with Crippen LogP contribution >= 0.6 is 0 Å². The van der Waals surface area contributed by atoms with Crippen LogP contribution in [-0.4, -0.2) is 11.1 Å².